The van der Waals surface area contributed by atoms with Crippen molar-refractivity contribution in [3.8, 4) is 0 Å². The van der Waals surface area contributed by atoms with Crippen LogP contribution in [0.1, 0.15) is 89.3 Å². The van der Waals surface area contributed by atoms with Gasteiger partial charge in [-0.3, -0.25) is 4.90 Å². The summed E-state index contributed by atoms with van der Waals surface area (Å²) in [4.78, 5) is 2.60. The molecule has 1 aromatic rings. The minimum absolute atomic E-state index is 0.0595. The number of hydrogen-bond acceptors (Lipinski definition) is 4. The second-order valence-electron chi connectivity index (χ2n) is 10.4. The van der Waals surface area contributed by atoms with Crippen LogP contribution in [0.15, 0.2) is 47.3 Å². The Morgan fingerprint density at radius 3 is 2.32 bits per heavy atom. The number of nitrogens with zero attached hydrogens (tertiary/aromatic N) is 1. The third-order valence-electron chi connectivity index (χ3n) is 7.68. The molecule has 2 saturated heterocycles. The number of halogens is 1. The van der Waals surface area contributed by atoms with Crippen molar-refractivity contribution in [3.05, 3.63) is 64.0 Å². The van der Waals surface area contributed by atoms with E-state index in [1.54, 1.807) is 6.08 Å². The first kappa shape index (κ1) is 31.1. The normalized spacial score (nSPS) is 18.8. The van der Waals surface area contributed by atoms with Crippen LogP contribution in [-0.2, 0) is 4.74 Å². The first-order chi connectivity index (χ1) is 17.8. The molecule has 2 aliphatic heterocycles. The fourth-order valence-electron chi connectivity index (χ4n) is 5.46. The Labute approximate surface area is 225 Å². The summed E-state index contributed by atoms with van der Waals surface area (Å²) >= 11 is 0. The molecule has 2 fully saturated rings. The second kappa shape index (κ2) is 15.4. The number of rotatable bonds is 10. The number of piperidine rings is 1. The highest BCUT2D eigenvalue weighted by molar-refractivity contribution is 5.96. The van der Waals surface area contributed by atoms with E-state index in [1.807, 2.05) is 19.9 Å². The van der Waals surface area contributed by atoms with Crippen molar-refractivity contribution in [1.29, 1.82) is 5.41 Å². The Kier molecular flexibility index (Phi) is 12.9. The summed E-state index contributed by atoms with van der Waals surface area (Å²) in [5, 5.41) is 7.95. The number of nitrogens with two attached hydrogens (primary N) is 1. The van der Waals surface area contributed by atoms with E-state index in [9.17, 15) is 4.39 Å². The minimum atomic E-state index is -0.425. The van der Waals surface area contributed by atoms with E-state index in [2.05, 4.69) is 56.5 Å². The van der Waals surface area contributed by atoms with Crippen LogP contribution in [-0.4, -0.2) is 50.0 Å². The fraction of sp³-hybridized carbons (Fsp3) is 0.594. The lowest BCUT2D eigenvalue weighted by Gasteiger charge is -2.41. The van der Waals surface area contributed by atoms with Crippen molar-refractivity contribution in [3.63, 3.8) is 0 Å². The summed E-state index contributed by atoms with van der Waals surface area (Å²) in [5.74, 6) is 0.465. The molecule has 0 saturated carbocycles. The molecule has 3 N–H and O–H groups in total. The number of likely N-dealkylation sites (tertiary alicyclic amines) is 1. The summed E-state index contributed by atoms with van der Waals surface area (Å²) in [6.07, 6.45) is 8.25. The number of ether oxygens (including phenoxy) is 1. The molecule has 3 rings (SSSR count). The number of allylic oxidation sites excluding steroid dienone is 6. The minimum Gasteiger partial charge on any atom is -0.378 e. The Bertz CT molecular complexity index is 980. The molecule has 0 bridgehead atoms. The Balaban J connectivity index is 0.00000235. The molecule has 0 unspecified atom stereocenters. The van der Waals surface area contributed by atoms with E-state index >= 15 is 0 Å². The highest BCUT2D eigenvalue weighted by Gasteiger charge is 2.30. The maximum Gasteiger partial charge on any atom is 0.144 e. The van der Waals surface area contributed by atoms with E-state index in [-0.39, 0.29) is 5.71 Å². The molecule has 4 nitrogen and oxygen atoms in total. The van der Waals surface area contributed by atoms with E-state index in [0.29, 0.717) is 24.3 Å². The maximum atomic E-state index is 14.8. The van der Waals surface area contributed by atoms with Crippen molar-refractivity contribution in [2.75, 3.05) is 33.4 Å². The predicted octanol–water partition coefficient (Wildman–Crippen LogP) is 7.59. The molecule has 5 heteroatoms. The van der Waals surface area contributed by atoms with Gasteiger partial charge >= 0.3 is 0 Å². The third kappa shape index (κ3) is 7.95. The van der Waals surface area contributed by atoms with Crippen LogP contribution in [0, 0.1) is 18.3 Å². The molecule has 37 heavy (non-hydrogen) atoms. The van der Waals surface area contributed by atoms with Crippen molar-refractivity contribution >= 4 is 11.3 Å². The first-order valence-electron chi connectivity index (χ1n) is 14.2. The monoisotopic (exact) mass is 511 g/mol. The van der Waals surface area contributed by atoms with Crippen LogP contribution >= 0.6 is 0 Å². The van der Waals surface area contributed by atoms with Crippen molar-refractivity contribution in [1.82, 2.24) is 4.90 Å². The third-order valence-corrected chi connectivity index (χ3v) is 7.68. The average Bonchev–Trinajstić information content (AvgIpc) is 2.88. The van der Waals surface area contributed by atoms with Crippen molar-refractivity contribution in [2.45, 2.75) is 85.6 Å². The van der Waals surface area contributed by atoms with Crippen LogP contribution < -0.4 is 5.73 Å². The molecule has 0 atom stereocenters. The lowest BCUT2D eigenvalue weighted by Crippen LogP contribution is -2.51. The van der Waals surface area contributed by atoms with Crippen molar-refractivity contribution in [2.24, 2.45) is 11.7 Å². The molecule has 2 heterocycles. The van der Waals surface area contributed by atoms with Gasteiger partial charge in [-0.2, -0.15) is 0 Å². The smallest absolute Gasteiger partial charge is 0.144 e. The molecule has 0 aliphatic carbocycles. The summed E-state index contributed by atoms with van der Waals surface area (Å²) in [7, 11) is 1.50. The Morgan fingerprint density at radius 2 is 1.84 bits per heavy atom. The van der Waals surface area contributed by atoms with Gasteiger partial charge in [0.1, 0.15) is 5.83 Å². The number of nitrogens with one attached hydrogen (secondary N) is 1. The molecule has 0 spiro atoms. The van der Waals surface area contributed by atoms with Crippen molar-refractivity contribution < 1.29 is 9.13 Å². The zero-order chi connectivity index (χ0) is 27.5. The fourth-order valence-corrected chi connectivity index (χ4v) is 5.46. The zero-order valence-electron chi connectivity index (χ0n) is 24.3. The largest absolute Gasteiger partial charge is 0.378 e. The van der Waals surface area contributed by atoms with Gasteiger partial charge in [0.05, 0.1) is 25.0 Å². The second-order valence-corrected chi connectivity index (χ2v) is 10.4. The summed E-state index contributed by atoms with van der Waals surface area (Å²) < 4.78 is 20.2. The number of benzene rings is 1. The van der Waals surface area contributed by atoms with Gasteiger partial charge in [-0.1, -0.05) is 58.4 Å². The van der Waals surface area contributed by atoms with Crippen LogP contribution in [0.5, 0.6) is 0 Å². The molecule has 2 aliphatic rings. The average molecular weight is 512 g/mol. The van der Waals surface area contributed by atoms with Crippen LogP contribution in [0.2, 0.25) is 0 Å². The predicted molar refractivity (Wildman–Crippen MR) is 157 cm³/mol. The van der Waals surface area contributed by atoms with Gasteiger partial charge in [-0.25, -0.2) is 4.39 Å². The van der Waals surface area contributed by atoms with E-state index in [4.69, 9.17) is 10.1 Å². The number of hydrogen-bond donors (Lipinski definition) is 2. The topological polar surface area (TPSA) is 62.3 Å². The van der Waals surface area contributed by atoms with Gasteiger partial charge in [0, 0.05) is 0 Å². The molecule has 0 aromatic heterocycles. The van der Waals surface area contributed by atoms with Gasteiger partial charge in [-0.05, 0) is 111 Å². The van der Waals surface area contributed by atoms with E-state index < -0.39 is 5.83 Å². The zero-order valence-corrected chi connectivity index (χ0v) is 24.3. The molecule has 206 valence electrons. The molecule has 1 aromatic carbocycles. The molecule has 0 amide bonds. The quantitative estimate of drug-likeness (QED) is 0.251. The van der Waals surface area contributed by atoms with Gasteiger partial charge < -0.3 is 15.9 Å². The maximum absolute atomic E-state index is 14.8. The lowest BCUT2D eigenvalue weighted by molar-refractivity contribution is -0.0712. The lowest BCUT2D eigenvalue weighted by atomic mass is 9.80. The molecular formula is C32H50FN3O. The van der Waals surface area contributed by atoms with Gasteiger partial charge in [0.2, 0.25) is 0 Å². The van der Waals surface area contributed by atoms with Crippen LogP contribution in [0.3, 0.4) is 0 Å². The van der Waals surface area contributed by atoms with E-state index in [1.165, 1.54) is 47.7 Å². The van der Waals surface area contributed by atoms with Gasteiger partial charge in [0.15, 0.2) is 0 Å². The van der Waals surface area contributed by atoms with E-state index in [0.717, 1.165) is 44.7 Å². The highest BCUT2D eigenvalue weighted by Crippen LogP contribution is 2.38. The standard InChI is InChI=1S/C31H45FN2O.CH5N/c1-7-10-27(23(8-2)18-29(32)30(33)9-3)31(21(4)5)28-17-25(12-11-22(28)6)24-13-15-34(16-14-24)26-19-35-20-26;1-2/h8,11-12,17-18,21,24,26,33H,7,9-10,13-16,19-20H2,1-6H3;2H2,1H3/b23-8+,29-18+,31-27+,33-30?;. The van der Waals surface area contributed by atoms with Crippen LogP contribution in [0.4, 0.5) is 4.39 Å². The van der Waals surface area contributed by atoms with Gasteiger partial charge in [0.25, 0.3) is 0 Å². The summed E-state index contributed by atoms with van der Waals surface area (Å²) in [6, 6.07) is 7.65. The first-order valence-corrected chi connectivity index (χ1v) is 14.2. The summed E-state index contributed by atoms with van der Waals surface area (Å²) in [6.45, 7) is 16.8. The molecular weight excluding hydrogens is 461 g/mol. The van der Waals surface area contributed by atoms with Gasteiger partial charge in [-0.15, -0.1) is 0 Å². The summed E-state index contributed by atoms with van der Waals surface area (Å²) in [5.41, 5.74) is 12.0. The van der Waals surface area contributed by atoms with Crippen LogP contribution in [0.25, 0.3) is 5.57 Å². The Hall–Kier alpha value is -2.08. The SMILES string of the molecule is C/C=C(\C=C(\F)C(=N)CC)C(/CCC)=C(/c1cc(C2CCN(C3COC3)CC2)ccc1C)C(C)C.CN. The molecule has 0 radical (unpaired) electrons. The Morgan fingerprint density at radius 1 is 1.19 bits per heavy atom. The highest BCUT2D eigenvalue weighted by atomic mass is 19.1. The number of aryl methyl sites for hydroxylation is 1.